The fourth-order valence-corrected chi connectivity index (χ4v) is 1.86. The second-order valence-electron chi connectivity index (χ2n) is 3.48. The molecule has 0 spiro atoms. The molecule has 1 heterocycles. The standard InChI is InChI=1S/C10H7F3N2OS/c11-10(12,13)6-4-2-1-3-5(6)7-8(16)15-9(17)14-7/h1-4,7H,(H2,14,15,16,17). The summed E-state index contributed by atoms with van der Waals surface area (Å²) in [5, 5.41) is 4.80. The Labute approximate surface area is 100 Å². The van der Waals surface area contributed by atoms with E-state index in [-0.39, 0.29) is 10.7 Å². The second kappa shape index (κ2) is 3.99. The number of carbonyl (C=O) groups excluding carboxylic acids is 1. The first kappa shape index (κ1) is 11.8. The number of nitrogens with one attached hydrogen (secondary N) is 2. The van der Waals surface area contributed by atoms with Crippen molar-refractivity contribution < 1.29 is 18.0 Å². The van der Waals surface area contributed by atoms with Crippen molar-refractivity contribution in [3.05, 3.63) is 35.4 Å². The number of rotatable bonds is 1. The molecule has 0 bridgehead atoms. The van der Waals surface area contributed by atoms with Gasteiger partial charge in [0, 0.05) is 0 Å². The molecule has 0 aromatic heterocycles. The molecule has 1 atom stereocenters. The van der Waals surface area contributed by atoms with Gasteiger partial charge >= 0.3 is 6.18 Å². The quantitative estimate of drug-likeness (QED) is 0.756. The van der Waals surface area contributed by atoms with Gasteiger partial charge in [-0.3, -0.25) is 4.79 Å². The summed E-state index contributed by atoms with van der Waals surface area (Å²) < 4.78 is 38.2. The lowest BCUT2D eigenvalue weighted by Gasteiger charge is -2.15. The molecular weight excluding hydrogens is 253 g/mol. The van der Waals surface area contributed by atoms with Gasteiger partial charge in [-0.2, -0.15) is 13.2 Å². The van der Waals surface area contributed by atoms with Crippen molar-refractivity contribution in [3.8, 4) is 0 Å². The van der Waals surface area contributed by atoms with Gasteiger partial charge < -0.3 is 10.6 Å². The van der Waals surface area contributed by atoms with Crippen molar-refractivity contribution in [2.45, 2.75) is 12.2 Å². The van der Waals surface area contributed by atoms with Gasteiger partial charge in [-0.25, -0.2) is 0 Å². The fraction of sp³-hybridized carbons (Fsp3) is 0.200. The highest BCUT2D eigenvalue weighted by atomic mass is 32.1. The number of carbonyl (C=O) groups is 1. The number of hydrogen-bond acceptors (Lipinski definition) is 2. The van der Waals surface area contributed by atoms with Crippen molar-refractivity contribution in [1.29, 1.82) is 0 Å². The molecular formula is C10H7F3N2OS. The van der Waals surface area contributed by atoms with Gasteiger partial charge in [0.25, 0.3) is 5.91 Å². The maximum absolute atomic E-state index is 12.7. The largest absolute Gasteiger partial charge is 0.416 e. The molecule has 0 saturated carbocycles. The van der Waals surface area contributed by atoms with Crippen molar-refractivity contribution >= 4 is 23.2 Å². The molecule has 17 heavy (non-hydrogen) atoms. The monoisotopic (exact) mass is 260 g/mol. The van der Waals surface area contributed by atoms with Crippen LogP contribution in [0.3, 0.4) is 0 Å². The van der Waals surface area contributed by atoms with Crippen LogP contribution in [0.25, 0.3) is 0 Å². The zero-order chi connectivity index (χ0) is 12.6. The first-order chi connectivity index (χ1) is 7.89. The van der Waals surface area contributed by atoms with Crippen LogP contribution >= 0.6 is 12.2 Å². The summed E-state index contributed by atoms with van der Waals surface area (Å²) in [7, 11) is 0. The Morgan fingerprint density at radius 1 is 1.24 bits per heavy atom. The van der Waals surface area contributed by atoms with Crippen LogP contribution in [0.2, 0.25) is 0 Å². The third kappa shape index (κ3) is 2.23. The number of halogens is 3. The number of thiocarbonyl (C=S) groups is 1. The highest BCUT2D eigenvalue weighted by Crippen LogP contribution is 2.35. The predicted molar refractivity (Wildman–Crippen MR) is 58.1 cm³/mol. The van der Waals surface area contributed by atoms with E-state index in [1.165, 1.54) is 18.2 Å². The van der Waals surface area contributed by atoms with Crippen molar-refractivity contribution in [1.82, 2.24) is 10.6 Å². The summed E-state index contributed by atoms with van der Waals surface area (Å²) in [6.45, 7) is 0. The van der Waals surface area contributed by atoms with Gasteiger partial charge in [-0.1, -0.05) is 18.2 Å². The molecule has 1 aliphatic heterocycles. The molecule has 1 fully saturated rings. The minimum atomic E-state index is -4.50. The van der Waals surface area contributed by atoms with E-state index < -0.39 is 23.7 Å². The Hall–Kier alpha value is -1.63. The van der Waals surface area contributed by atoms with E-state index in [0.29, 0.717) is 0 Å². The van der Waals surface area contributed by atoms with E-state index in [2.05, 4.69) is 22.9 Å². The van der Waals surface area contributed by atoms with Crippen molar-refractivity contribution in [3.63, 3.8) is 0 Å². The highest BCUT2D eigenvalue weighted by molar-refractivity contribution is 7.80. The third-order valence-electron chi connectivity index (χ3n) is 2.35. The van der Waals surface area contributed by atoms with E-state index in [0.717, 1.165) is 6.07 Å². The van der Waals surface area contributed by atoms with Gasteiger partial charge in [0.1, 0.15) is 6.04 Å². The summed E-state index contributed by atoms with van der Waals surface area (Å²) in [6, 6.07) is 3.83. The zero-order valence-corrected chi connectivity index (χ0v) is 9.15. The summed E-state index contributed by atoms with van der Waals surface area (Å²) in [5.41, 5.74) is -0.963. The third-order valence-corrected chi connectivity index (χ3v) is 2.57. The van der Waals surface area contributed by atoms with Crippen LogP contribution in [0, 0.1) is 0 Å². The number of amides is 1. The molecule has 1 unspecified atom stereocenters. The topological polar surface area (TPSA) is 41.1 Å². The van der Waals surface area contributed by atoms with Crippen LogP contribution in [0.1, 0.15) is 17.2 Å². The van der Waals surface area contributed by atoms with Gasteiger partial charge in [-0.05, 0) is 23.8 Å². The Kier molecular flexibility index (Phi) is 2.78. The molecule has 0 radical (unpaired) electrons. The van der Waals surface area contributed by atoms with E-state index >= 15 is 0 Å². The van der Waals surface area contributed by atoms with Crippen LogP contribution in [0.15, 0.2) is 24.3 Å². The number of alkyl halides is 3. The fourth-order valence-electron chi connectivity index (χ4n) is 1.64. The average molecular weight is 260 g/mol. The Morgan fingerprint density at radius 2 is 1.88 bits per heavy atom. The molecule has 1 saturated heterocycles. The van der Waals surface area contributed by atoms with E-state index in [9.17, 15) is 18.0 Å². The molecule has 1 aliphatic rings. The van der Waals surface area contributed by atoms with Crippen LogP contribution in [-0.4, -0.2) is 11.0 Å². The molecule has 1 aromatic carbocycles. The smallest absolute Gasteiger partial charge is 0.347 e. The molecule has 1 aromatic rings. The first-order valence-corrected chi connectivity index (χ1v) is 5.08. The lowest BCUT2D eigenvalue weighted by Crippen LogP contribution is -2.23. The summed E-state index contributed by atoms with van der Waals surface area (Å²) in [5.74, 6) is -0.577. The summed E-state index contributed by atoms with van der Waals surface area (Å²) in [4.78, 5) is 11.4. The van der Waals surface area contributed by atoms with Gasteiger partial charge in [-0.15, -0.1) is 0 Å². The molecule has 0 aliphatic carbocycles. The molecule has 1 amide bonds. The molecule has 7 heteroatoms. The molecule has 3 nitrogen and oxygen atoms in total. The van der Waals surface area contributed by atoms with Gasteiger partial charge in [0.2, 0.25) is 0 Å². The summed E-state index contributed by atoms with van der Waals surface area (Å²) >= 11 is 4.69. The maximum atomic E-state index is 12.7. The summed E-state index contributed by atoms with van der Waals surface area (Å²) in [6.07, 6.45) is -4.50. The van der Waals surface area contributed by atoms with E-state index in [1.54, 1.807) is 0 Å². The molecule has 2 rings (SSSR count). The maximum Gasteiger partial charge on any atom is 0.416 e. The SMILES string of the molecule is O=C1NC(=S)NC1c1ccccc1C(F)(F)F. The van der Waals surface area contributed by atoms with E-state index in [4.69, 9.17) is 0 Å². The Morgan fingerprint density at radius 3 is 2.41 bits per heavy atom. The lowest BCUT2D eigenvalue weighted by atomic mass is 10.00. The van der Waals surface area contributed by atoms with E-state index in [1.807, 2.05) is 0 Å². The second-order valence-corrected chi connectivity index (χ2v) is 3.89. The predicted octanol–water partition coefficient (Wildman–Crippen LogP) is 1.75. The van der Waals surface area contributed by atoms with Crippen LogP contribution < -0.4 is 10.6 Å². The van der Waals surface area contributed by atoms with Crippen LogP contribution in [-0.2, 0) is 11.0 Å². The highest BCUT2D eigenvalue weighted by Gasteiger charge is 2.38. The molecule has 90 valence electrons. The number of benzene rings is 1. The minimum absolute atomic E-state index is 0.0389. The van der Waals surface area contributed by atoms with Gasteiger partial charge in [0.15, 0.2) is 5.11 Å². The van der Waals surface area contributed by atoms with Crippen molar-refractivity contribution in [2.75, 3.05) is 0 Å². The lowest BCUT2D eigenvalue weighted by molar-refractivity contribution is -0.138. The number of hydrogen-bond donors (Lipinski definition) is 2. The van der Waals surface area contributed by atoms with Gasteiger partial charge in [0.05, 0.1) is 5.56 Å². The Balaban J connectivity index is 2.46. The first-order valence-electron chi connectivity index (χ1n) is 4.67. The zero-order valence-electron chi connectivity index (χ0n) is 8.34. The minimum Gasteiger partial charge on any atom is -0.347 e. The van der Waals surface area contributed by atoms with Crippen LogP contribution in [0.5, 0.6) is 0 Å². The van der Waals surface area contributed by atoms with Crippen molar-refractivity contribution in [2.24, 2.45) is 0 Å². The average Bonchev–Trinajstić information content (AvgIpc) is 2.56. The van der Waals surface area contributed by atoms with Crippen LogP contribution in [0.4, 0.5) is 13.2 Å². The normalized spacial score (nSPS) is 20.1. The molecule has 2 N–H and O–H groups in total. The Bertz CT molecular complexity index is 487.